The largest absolute Gasteiger partial charge is 0.416 e. The molecule has 33 heavy (non-hydrogen) atoms. The van der Waals surface area contributed by atoms with Crippen molar-refractivity contribution >= 4 is 34.1 Å². The Bertz CT molecular complexity index is 1350. The number of hydrogen-bond acceptors (Lipinski definition) is 4. The number of anilines is 1. The predicted octanol–water partition coefficient (Wildman–Crippen LogP) is 4.39. The third-order valence-electron chi connectivity index (χ3n) is 4.62. The van der Waals surface area contributed by atoms with Crippen molar-refractivity contribution in [1.82, 2.24) is 14.3 Å². The Morgan fingerprint density at radius 2 is 1.85 bits per heavy atom. The van der Waals surface area contributed by atoms with E-state index >= 15 is 0 Å². The van der Waals surface area contributed by atoms with Crippen LogP contribution < -0.4 is 16.3 Å². The van der Waals surface area contributed by atoms with Crippen LogP contribution in [-0.4, -0.2) is 20.3 Å². The van der Waals surface area contributed by atoms with Crippen LogP contribution in [0, 0.1) is 0 Å². The zero-order chi connectivity index (χ0) is 24.7. The highest BCUT2D eigenvalue weighted by Gasteiger charge is 2.31. The highest BCUT2D eigenvalue weighted by molar-refractivity contribution is 6.30. The minimum absolute atomic E-state index is 0.0240. The molecule has 7 nitrogen and oxygen atoms in total. The lowest BCUT2D eigenvalue weighted by atomic mass is 10.1. The fourth-order valence-corrected chi connectivity index (χ4v) is 3.34. The summed E-state index contributed by atoms with van der Waals surface area (Å²) in [6.45, 7) is 0.0709. The number of hydrogen-bond donors (Lipinski definition) is 1. The highest BCUT2D eigenvalue weighted by Crippen LogP contribution is 2.31. The summed E-state index contributed by atoms with van der Waals surface area (Å²) < 4.78 is 66.4. The first-order valence-corrected chi connectivity index (χ1v) is 9.79. The molecule has 0 radical (unpaired) electrons. The van der Waals surface area contributed by atoms with Crippen molar-refractivity contribution in [2.75, 3.05) is 5.32 Å². The number of nitrogens with zero attached hydrogens (tertiary/aromatic N) is 3. The molecule has 13 heteroatoms. The third-order valence-corrected chi connectivity index (χ3v) is 4.89. The molecule has 1 aromatic carbocycles. The van der Waals surface area contributed by atoms with Gasteiger partial charge in [0.25, 0.3) is 5.56 Å². The van der Waals surface area contributed by atoms with E-state index in [4.69, 9.17) is 11.6 Å². The Morgan fingerprint density at radius 1 is 1.18 bits per heavy atom. The van der Waals surface area contributed by atoms with Crippen molar-refractivity contribution in [2.24, 2.45) is 0 Å². The Balaban J connectivity index is 2.00. The molecule has 0 aliphatic heterocycles. The van der Waals surface area contributed by atoms with Crippen molar-refractivity contribution in [2.45, 2.75) is 39.0 Å². The monoisotopic (exact) mass is 490 g/mol. The average Bonchev–Trinajstić information content (AvgIpc) is 2.71. The Hall–Kier alpha value is -3.28. The molecule has 0 bridgehead atoms. The van der Waals surface area contributed by atoms with E-state index in [2.05, 4.69) is 10.4 Å². The summed E-state index contributed by atoms with van der Waals surface area (Å²) in [6, 6.07) is 3.10. The van der Waals surface area contributed by atoms with E-state index in [-0.39, 0.29) is 26.9 Å². The van der Waals surface area contributed by atoms with Crippen LogP contribution >= 0.6 is 11.6 Å². The molecule has 0 unspecified atom stereocenters. The number of pyridine rings is 1. The summed E-state index contributed by atoms with van der Waals surface area (Å²) in [4.78, 5) is 36.8. The van der Waals surface area contributed by atoms with Crippen LogP contribution in [0.3, 0.4) is 0 Å². The molecule has 0 saturated carbocycles. The van der Waals surface area contributed by atoms with Gasteiger partial charge in [-0.15, -0.1) is 0 Å². The second kappa shape index (κ2) is 8.93. The van der Waals surface area contributed by atoms with E-state index in [1.807, 2.05) is 0 Å². The van der Waals surface area contributed by atoms with Crippen LogP contribution in [0.25, 0.3) is 10.9 Å². The van der Waals surface area contributed by atoms with E-state index in [1.54, 1.807) is 13.8 Å². The van der Waals surface area contributed by atoms with Gasteiger partial charge in [-0.2, -0.15) is 27.1 Å². The maximum absolute atomic E-state index is 13.1. The number of aromatic nitrogens is 3. The lowest BCUT2D eigenvalue weighted by Crippen LogP contribution is -2.26. The van der Waals surface area contributed by atoms with Crippen molar-refractivity contribution in [1.29, 1.82) is 0 Å². The maximum Gasteiger partial charge on any atom is 0.416 e. The number of rotatable bonds is 5. The Morgan fingerprint density at radius 3 is 2.42 bits per heavy atom. The van der Waals surface area contributed by atoms with Crippen LogP contribution in [0.4, 0.5) is 27.6 Å². The molecule has 3 rings (SSSR count). The van der Waals surface area contributed by atoms with Crippen LogP contribution in [0.2, 0.25) is 5.02 Å². The number of fused-ring (bicyclic) bond motifs is 1. The molecule has 0 spiro atoms. The summed E-state index contributed by atoms with van der Waals surface area (Å²) >= 11 is 5.63. The van der Waals surface area contributed by atoms with E-state index in [1.165, 1.54) is 4.68 Å². The average molecular weight is 491 g/mol. The van der Waals surface area contributed by atoms with Crippen LogP contribution in [0.1, 0.15) is 37.7 Å². The second-order valence-electron chi connectivity index (χ2n) is 7.34. The molecule has 176 valence electrons. The molecule has 2 aromatic heterocycles. The molecular formula is C20H16ClF5N4O3. The second-order valence-corrected chi connectivity index (χ2v) is 7.74. The van der Waals surface area contributed by atoms with Crippen molar-refractivity contribution in [3.63, 3.8) is 0 Å². The van der Waals surface area contributed by atoms with E-state index in [9.17, 15) is 36.3 Å². The number of alkyl halides is 5. The molecule has 0 aliphatic rings. The topological polar surface area (TPSA) is 86.0 Å². The van der Waals surface area contributed by atoms with Crippen LogP contribution in [-0.2, 0) is 17.4 Å². The minimum atomic E-state index is -4.62. The fraction of sp³-hybridized carbons (Fsp3) is 0.300. The van der Waals surface area contributed by atoms with Gasteiger partial charge < -0.3 is 5.32 Å². The molecule has 3 aromatic rings. The number of nitrogens with one attached hydrogen (secondary N) is 1. The SMILES string of the molecule is CC(C)n1nc(CC(=O)Nc2cc(Cl)c(=O)n(C(F)F)c2)c(=O)c2ccc(C(F)(F)F)cc21. The molecule has 0 aliphatic carbocycles. The molecule has 0 atom stereocenters. The van der Waals surface area contributed by atoms with Gasteiger partial charge in [0.15, 0.2) is 0 Å². The smallest absolute Gasteiger partial charge is 0.324 e. The first-order chi connectivity index (χ1) is 15.3. The van der Waals surface area contributed by atoms with Gasteiger partial charge >= 0.3 is 12.7 Å². The summed E-state index contributed by atoms with van der Waals surface area (Å²) in [5.74, 6) is -0.836. The highest BCUT2D eigenvalue weighted by atomic mass is 35.5. The number of benzene rings is 1. The Kier molecular flexibility index (Phi) is 6.59. The van der Waals surface area contributed by atoms with Crippen LogP contribution in [0.5, 0.6) is 0 Å². The lowest BCUT2D eigenvalue weighted by molar-refractivity contribution is -0.137. The summed E-state index contributed by atoms with van der Waals surface area (Å²) in [5.41, 5.74) is -3.39. The number of amides is 1. The zero-order valence-electron chi connectivity index (χ0n) is 17.1. The van der Waals surface area contributed by atoms with Crippen LogP contribution in [0.15, 0.2) is 40.1 Å². The van der Waals surface area contributed by atoms with Gasteiger partial charge in [-0.05, 0) is 38.1 Å². The summed E-state index contributed by atoms with van der Waals surface area (Å²) in [5, 5.41) is 5.69. The zero-order valence-corrected chi connectivity index (χ0v) is 17.8. The summed E-state index contributed by atoms with van der Waals surface area (Å²) in [7, 11) is 0. The first kappa shape index (κ1) is 24.4. The van der Waals surface area contributed by atoms with Gasteiger partial charge in [0.05, 0.1) is 23.2 Å². The van der Waals surface area contributed by atoms with Crippen molar-refractivity contribution in [3.8, 4) is 0 Å². The molecular weight excluding hydrogens is 475 g/mol. The molecule has 0 saturated heterocycles. The Labute approximate surface area is 187 Å². The first-order valence-electron chi connectivity index (χ1n) is 9.42. The number of carbonyl (C=O) groups excluding carboxylic acids is 1. The van der Waals surface area contributed by atoms with Crippen molar-refractivity contribution in [3.05, 3.63) is 67.3 Å². The van der Waals surface area contributed by atoms with Gasteiger partial charge in [-0.25, -0.2) is 0 Å². The molecule has 1 amide bonds. The van der Waals surface area contributed by atoms with Gasteiger partial charge in [0.2, 0.25) is 11.3 Å². The minimum Gasteiger partial charge on any atom is -0.324 e. The number of halogens is 6. The van der Waals surface area contributed by atoms with E-state index in [0.717, 1.165) is 24.3 Å². The van der Waals surface area contributed by atoms with Gasteiger partial charge in [-0.1, -0.05) is 11.6 Å². The molecule has 1 N–H and O–H groups in total. The van der Waals surface area contributed by atoms with Gasteiger partial charge in [0, 0.05) is 17.6 Å². The lowest BCUT2D eigenvalue weighted by Gasteiger charge is -2.17. The molecule has 0 fully saturated rings. The van der Waals surface area contributed by atoms with E-state index < -0.39 is 52.7 Å². The summed E-state index contributed by atoms with van der Waals surface area (Å²) in [6.07, 6.45) is -4.54. The number of carbonyl (C=O) groups is 1. The van der Waals surface area contributed by atoms with Crippen molar-refractivity contribution < 1.29 is 26.7 Å². The fourth-order valence-electron chi connectivity index (χ4n) is 3.12. The van der Waals surface area contributed by atoms with E-state index in [0.29, 0.717) is 6.20 Å². The van der Waals surface area contributed by atoms with Gasteiger partial charge in [-0.3, -0.25) is 23.6 Å². The third kappa shape index (κ3) is 5.05. The predicted molar refractivity (Wildman–Crippen MR) is 111 cm³/mol. The maximum atomic E-state index is 13.1. The normalized spacial score (nSPS) is 12.1. The standard InChI is InChI=1S/C20H16ClF5N4O3/c1-9(2)30-15-5-10(20(24,25)26)3-4-12(15)17(32)14(28-30)7-16(31)27-11-6-13(21)18(33)29(8-11)19(22)23/h3-6,8-9,19H,7H2,1-2H3,(H,27,31). The molecule has 2 heterocycles. The van der Waals surface area contributed by atoms with Gasteiger partial charge in [0.1, 0.15) is 10.7 Å². The quantitative estimate of drug-likeness (QED) is 0.538.